The van der Waals surface area contributed by atoms with Gasteiger partial charge in [0, 0.05) is 32.5 Å². The van der Waals surface area contributed by atoms with Crippen LogP contribution in [0.2, 0.25) is 0 Å². The minimum atomic E-state index is -1.48. The summed E-state index contributed by atoms with van der Waals surface area (Å²) < 4.78 is 38.1. The van der Waals surface area contributed by atoms with E-state index in [0.29, 0.717) is 37.9 Å². The fraction of sp³-hybridized carbons (Fsp3) is 0.633. The van der Waals surface area contributed by atoms with E-state index in [4.69, 9.17) is 9.47 Å². The molecule has 3 rings (SSSR count). The molecular formula is C30H42F2N4O7. The van der Waals surface area contributed by atoms with Gasteiger partial charge in [-0.3, -0.25) is 9.59 Å². The number of amides is 4. The minimum Gasteiger partial charge on any atom is -0.467 e. The van der Waals surface area contributed by atoms with Crippen molar-refractivity contribution in [1.29, 1.82) is 0 Å². The normalized spacial score (nSPS) is 19.1. The molecule has 1 aliphatic carbocycles. The number of esters is 2. The van der Waals surface area contributed by atoms with Gasteiger partial charge in [-0.05, 0) is 49.8 Å². The van der Waals surface area contributed by atoms with Crippen LogP contribution in [0.5, 0.6) is 0 Å². The van der Waals surface area contributed by atoms with Gasteiger partial charge in [-0.15, -0.1) is 0 Å². The molecule has 13 heteroatoms. The molecular weight excluding hydrogens is 566 g/mol. The first kappa shape index (κ1) is 33.7. The van der Waals surface area contributed by atoms with Crippen LogP contribution in [0.3, 0.4) is 0 Å². The van der Waals surface area contributed by atoms with Gasteiger partial charge in [-0.1, -0.05) is 32.1 Å². The Labute approximate surface area is 250 Å². The third kappa shape index (κ3) is 10.2. The molecule has 4 amide bonds. The summed E-state index contributed by atoms with van der Waals surface area (Å²) in [5.74, 6) is -4.00. The molecule has 0 aromatic heterocycles. The average Bonchev–Trinajstić information content (AvgIpc) is 3.46. The van der Waals surface area contributed by atoms with Gasteiger partial charge >= 0.3 is 18.0 Å². The molecule has 1 aromatic rings. The lowest BCUT2D eigenvalue weighted by Crippen LogP contribution is -2.57. The van der Waals surface area contributed by atoms with Crippen LogP contribution in [0.1, 0.15) is 70.8 Å². The lowest BCUT2D eigenvalue weighted by atomic mass is 9.87. The summed E-state index contributed by atoms with van der Waals surface area (Å²) in [7, 11) is 1.09. The maximum Gasteiger partial charge on any atom is 0.332 e. The Kier molecular flexibility index (Phi) is 12.7. The first-order valence-electron chi connectivity index (χ1n) is 14.8. The molecule has 1 unspecified atom stereocenters. The number of hydrogen-bond acceptors (Lipinski definition) is 7. The van der Waals surface area contributed by atoms with Crippen LogP contribution in [0.15, 0.2) is 18.2 Å². The van der Waals surface area contributed by atoms with Gasteiger partial charge in [0.1, 0.15) is 29.8 Å². The number of likely N-dealkylation sites (tertiary alicyclic amines) is 1. The lowest BCUT2D eigenvalue weighted by Gasteiger charge is -2.28. The highest BCUT2D eigenvalue weighted by Gasteiger charge is 2.38. The second-order valence-corrected chi connectivity index (χ2v) is 11.2. The summed E-state index contributed by atoms with van der Waals surface area (Å²) in [6.07, 6.45) is 6.02. The van der Waals surface area contributed by atoms with Crippen LogP contribution < -0.4 is 16.0 Å². The van der Waals surface area contributed by atoms with Crippen LogP contribution in [0.25, 0.3) is 0 Å². The zero-order chi connectivity index (χ0) is 31.5. The Hall–Kier alpha value is -3.77. The first-order valence-corrected chi connectivity index (χ1v) is 14.8. The Morgan fingerprint density at radius 1 is 0.977 bits per heavy atom. The Morgan fingerprint density at radius 2 is 1.65 bits per heavy atom. The number of urea groups is 1. The number of nitrogens with zero attached hydrogens (tertiary/aromatic N) is 1. The van der Waals surface area contributed by atoms with E-state index in [1.165, 1.54) is 25.2 Å². The number of benzene rings is 1. The number of ether oxygens (including phenoxy) is 2. The largest absolute Gasteiger partial charge is 0.467 e. The molecule has 3 N–H and O–H groups in total. The van der Waals surface area contributed by atoms with E-state index in [9.17, 15) is 32.8 Å². The van der Waals surface area contributed by atoms with Crippen molar-refractivity contribution in [3.8, 4) is 0 Å². The van der Waals surface area contributed by atoms with E-state index >= 15 is 0 Å². The van der Waals surface area contributed by atoms with Crippen LogP contribution >= 0.6 is 0 Å². The van der Waals surface area contributed by atoms with E-state index in [1.54, 1.807) is 0 Å². The number of methoxy groups -OCH3 is 1. The highest BCUT2D eigenvalue weighted by Crippen LogP contribution is 2.25. The molecule has 11 nitrogen and oxygen atoms in total. The molecule has 1 saturated carbocycles. The molecule has 1 heterocycles. The second-order valence-electron chi connectivity index (χ2n) is 11.2. The van der Waals surface area contributed by atoms with Gasteiger partial charge in [0.05, 0.1) is 7.11 Å². The summed E-state index contributed by atoms with van der Waals surface area (Å²) in [6, 6.07) is -1.54. The number of nitrogens with one attached hydrogen (secondary N) is 3. The zero-order valence-electron chi connectivity index (χ0n) is 25.0. The summed E-state index contributed by atoms with van der Waals surface area (Å²) >= 11 is 0. The molecule has 1 aromatic carbocycles. The van der Waals surface area contributed by atoms with Crippen molar-refractivity contribution in [2.75, 3.05) is 20.2 Å². The molecule has 0 radical (unpaired) electrons. The number of hydrogen-bond donors (Lipinski definition) is 3. The smallest absolute Gasteiger partial charge is 0.332 e. The van der Waals surface area contributed by atoms with Gasteiger partial charge in [-0.2, -0.15) is 0 Å². The second kappa shape index (κ2) is 16.2. The average molecular weight is 609 g/mol. The monoisotopic (exact) mass is 608 g/mol. The van der Waals surface area contributed by atoms with Crippen LogP contribution in [0, 0.1) is 17.6 Å². The first-order chi connectivity index (χ1) is 20.5. The van der Waals surface area contributed by atoms with Gasteiger partial charge in [0.15, 0.2) is 6.04 Å². The van der Waals surface area contributed by atoms with Gasteiger partial charge in [0.2, 0.25) is 11.8 Å². The number of rotatable bonds is 12. The van der Waals surface area contributed by atoms with Crippen molar-refractivity contribution in [3.63, 3.8) is 0 Å². The topological polar surface area (TPSA) is 143 Å². The maximum atomic E-state index is 13.9. The molecule has 2 fully saturated rings. The number of carbonyl (C=O) groups is 5. The molecule has 2 aliphatic rings. The van der Waals surface area contributed by atoms with Crippen molar-refractivity contribution in [2.45, 2.75) is 95.9 Å². The van der Waals surface area contributed by atoms with Crippen LogP contribution in [-0.2, 0) is 35.1 Å². The van der Waals surface area contributed by atoms with E-state index in [-0.39, 0.29) is 17.9 Å². The highest BCUT2D eigenvalue weighted by molar-refractivity contribution is 5.91. The van der Waals surface area contributed by atoms with Crippen molar-refractivity contribution in [1.82, 2.24) is 20.9 Å². The van der Waals surface area contributed by atoms with Crippen molar-refractivity contribution >= 4 is 29.8 Å². The molecule has 1 aliphatic heterocycles. The van der Waals surface area contributed by atoms with Crippen LogP contribution in [-0.4, -0.2) is 79.1 Å². The molecule has 4 atom stereocenters. The summed E-state index contributed by atoms with van der Waals surface area (Å²) in [5.41, 5.74) is 0.0970. The Balaban J connectivity index is 1.70. The van der Waals surface area contributed by atoms with Gasteiger partial charge in [0.25, 0.3) is 0 Å². The fourth-order valence-electron chi connectivity index (χ4n) is 5.72. The van der Waals surface area contributed by atoms with E-state index in [1.807, 2.05) is 0 Å². The Bertz CT molecular complexity index is 1140. The molecule has 0 bridgehead atoms. The van der Waals surface area contributed by atoms with Crippen molar-refractivity contribution in [3.05, 3.63) is 35.4 Å². The Morgan fingerprint density at radius 3 is 2.28 bits per heavy atom. The molecule has 1 saturated heterocycles. The van der Waals surface area contributed by atoms with Crippen molar-refractivity contribution in [2.24, 2.45) is 5.92 Å². The maximum absolute atomic E-state index is 13.9. The minimum absolute atomic E-state index is 0.0970. The van der Waals surface area contributed by atoms with Gasteiger partial charge in [-0.25, -0.2) is 23.2 Å². The van der Waals surface area contributed by atoms with E-state index < -0.39 is 59.7 Å². The zero-order valence-corrected chi connectivity index (χ0v) is 25.0. The standard InChI is InChI=1S/C30H42F2N4O7/c1-18(43-28(39)25-10-7-13-36(25)19(2)37)26(29(40)42-3)35-27(38)24(16-21-14-22(31)17-23(32)15-21)34-30(41)33-12-11-20-8-5-4-6-9-20/h14-15,17-18,20,24-26H,4-13,16H2,1-3H3,(H,35,38)(H2,33,34,41)/t18-,24-,25?,26-/m0/s1. The van der Waals surface area contributed by atoms with E-state index in [0.717, 1.165) is 51.3 Å². The SMILES string of the molecule is COC(=O)[C@@H](NC(=O)[C@H](Cc1cc(F)cc(F)c1)NC(=O)NCCC1CCCCC1)[C@H](C)OC(=O)C1CCCN1C(C)=O. The summed E-state index contributed by atoms with van der Waals surface area (Å²) in [5, 5.41) is 7.73. The number of halogens is 2. The highest BCUT2D eigenvalue weighted by atomic mass is 19.1. The summed E-state index contributed by atoms with van der Waals surface area (Å²) in [4.78, 5) is 65.0. The molecule has 238 valence electrons. The fourth-order valence-corrected chi connectivity index (χ4v) is 5.72. The van der Waals surface area contributed by atoms with E-state index in [2.05, 4.69) is 16.0 Å². The molecule has 0 spiro atoms. The summed E-state index contributed by atoms with van der Waals surface area (Å²) in [6.45, 7) is 3.51. The third-order valence-electron chi connectivity index (χ3n) is 8.00. The van der Waals surface area contributed by atoms with Gasteiger partial charge < -0.3 is 30.3 Å². The quantitative estimate of drug-likeness (QED) is 0.310. The van der Waals surface area contributed by atoms with Crippen molar-refractivity contribution < 1.29 is 42.2 Å². The molecule has 43 heavy (non-hydrogen) atoms. The number of carbonyl (C=O) groups excluding carboxylic acids is 5. The third-order valence-corrected chi connectivity index (χ3v) is 8.00. The lowest BCUT2D eigenvalue weighted by molar-refractivity contribution is -0.163. The predicted octanol–water partition coefficient (Wildman–Crippen LogP) is 2.75. The van der Waals surface area contributed by atoms with Crippen LogP contribution in [0.4, 0.5) is 13.6 Å². The predicted molar refractivity (Wildman–Crippen MR) is 151 cm³/mol.